The summed E-state index contributed by atoms with van der Waals surface area (Å²) in [6.07, 6.45) is 3.51. The lowest BCUT2D eigenvalue weighted by Crippen LogP contribution is -2.16. The Balaban J connectivity index is 2.14. The van der Waals surface area contributed by atoms with Crippen LogP contribution in [0.1, 0.15) is 35.7 Å². The number of rotatable bonds is 8. The largest absolute Gasteiger partial charge is 0.494 e. The minimum Gasteiger partial charge on any atom is -0.494 e. The monoisotopic (exact) mass is 378 g/mol. The summed E-state index contributed by atoms with van der Waals surface area (Å²) in [7, 11) is 1.26. The van der Waals surface area contributed by atoms with Crippen molar-refractivity contribution in [3.8, 4) is 11.8 Å². The molecule has 0 spiro atoms. The molecule has 2 aromatic carbocycles. The van der Waals surface area contributed by atoms with E-state index in [1.54, 1.807) is 42.5 Å². The fourth-order valence-corrected chi connectivity index (χ4v) is 2.38. The van der Waals surface area contributed by atoms with Gasteiger partial charge in [0.1, 0.15) is 17.4 Å². The van der Waals surface area contributed by atoms with Gasteiger partial charge in [0.05, 0.1) is 25.0 Å². The molecule has 0 radical (unpaired) electrons. The molecule has 144 valence electrons. The summed E-state index contributed by atoms with van der Waals surface area (Å²) < 4.78 is 10.3. The van der Waals surface area contributed by atoms with E-state index in [2.05, 4.69) is 12.2 Å². The highest BCUT2D eigenvalue weighted by Crippen LogP contribution is 2.19. The van der Waals surface area contributed by atoms with Gasteiger partial charge in [-0.05, 0) is 42.3 Å². The molecule has 0 heterocycles. The molecule has 6 nitrogen and oxygen atoms in total. The number of unbranched alkanes of at least 4 members (excludes halogenated alkanes) is 1. The van der Waals surface area contributed by atoms with Crippen LogP contribution in [0.3, 0.4) is 0 Å². The first-order valence-corrected chi connectivity index (χ1v) is 8.92. The number of benzene rings is 2. The number of nitrogens with one attached hydrogen (secondary N) is 1. The Hall–Kier alpha value is -3.59. The van der Waals surface area contributed by atoms with Crippen molar-refractivity contribution in [2.45, 2.75) is 19.8 Å². The predicted octanol–water partition coefficient (Wildman–Crippen LogP) is 4.20. The van der Waals surface area contributed by atoms with Gasteiger partial charge in [-0.2, -0.15) is 5.26 Å². The molecule has 0 fully saturated rings. The topological polar surface area (TPSA) is 88.4 Å². The van der Waals surface area contributed by atoms with Gasteiger partial charge >= 0.3 is 5.97 Å². The Labute approximate surface area is 164 Å². The fourth-order valence-electron chi connectivity index (χ4n) is 2.38. The maximum atomic E-state index is 12.5. The quantitative estimate of drug-likeness (QED) is 0.322. The summed E-state index contributed by atoms with van der Waals surface area (Å²) in [5.41, 5.74) is 1.10. The van der Waals surface area contributed by atoms with Crippen LogP contribution >= 0.6 is 0 Å². The number of nitriles is 1. The first-order chi connectivity index (χ1) is 13.6. The summed E-state index contributed by atoms with van der Waals surface area (Å²) in [6, 6.07) is 15.5. The van der Waals surface area contributed by atoms with E-state index in [-0.39, 0.29) is 16.8 Å². The molecule has 2 rings (SSSR count). The van der Waals surface area contributed by atoms with E-state index in [9.17, 15) is 14.9 Å². The summed E-state index contributed by atoms with van der Waals surface area (Å²) in [5, 5.41) is 12.0. The number of carbonyl (C=O) groups excluding carboxylic acids is 2. The zero-order valence-corrected chi connectivity index (χ0v) is 15.9. The van der Waals surface area contributed by atoms with Crippen molar-refractivity contribution in [3.05, 3.63) is 65.2 Å². The van der Waals surface area contributed by atoms with Crippen LogP contribution in [0.4, 0.5) is 5.69 Å². The molecule has 28 heavy (non-hydrogen) atoms. The minimum absolute atomic E-state index is 0.0840. The number of nitrogens with zero attached hydrogens (tertiary/aromatic N) is 1. The summed E-state index contributed by atoms with van der Waals surface area (Å²) >= 11 is 0. The molecule has 0 unspecified atom stereocenters. The molecule has 0 aliphatic carbocycles. The van der Waals surface area contributed by atoms with E-state index < -0.39 is 11.9 Å². The third kappa shape index (κ3) is 5.71. The molecule has 0 atom stereocenters. The van der Waals surface area contributed by atoms with Gasteiger partial charge in [-0.15, -0.1) is 0 Å². The van der Waals surface area contributed by atoms with Crippen LogP contribution in [0.15, 0.2) is 54.1 Å². The maximum absolute atomic E-state index is 12.5. The molecular weight excluding hydrogens is 356 g/mol. The van der Waals surface area contributed by atoms with E-state index in [1.165, 1.54) is 19.3 Å². The lowest BCUT2D eigenvalue weighted by molar-refractivity contribution is -0.112. The second-order valence-electron chi connectivity index (χ2n) is 5.93. The Morgan fingerprint density at radius 2 is 1.86 bits per heavy atom. The second-order valence-corrected chi connectivity index (χ2v) is 5.93. The van der Waals surface area contributed by atoms with Crippen LogP contribution in [0, 0.1) is 11.3 Å². The summed E-state index contributed by atoms with van der Waals surface area (Å²) in [5.74, 6) is -0.445. The Kier molecular flexibility index (Phi) is 7.79. The molecule has 6 heteroatoms. The normalized spacial score (nSPS) is 10.7. The highest BCUT2D eigenvalue weighted by Gasteiger charge is 2.15. The third-order valence-corrected chi connectivity index (χ3v) is 3.90. The van der Waals surface area contributed by atoms with Gasteiger partial charge in [0.25, 0.3) is 5.91 Å². The van der Waals surface area contributed by atoms with Crippen molar-refractivity contribution in [1.29, 1.82) is 5.26 Å². The van der Waals surface area contributed by atoms with Gasteiger partial charge < -0.3 is 14.8 Å². The second kappa shape index (κ2) is 10.5. The van der Waals surface area contributed by atoms with Crippen molar-refractivity contribution in [2.75, 3.05) is 19.0 Å². The van der Waals surface area contributed by atoms with Crippen LogP contribution in [-0.4, -0.2) is 25.6 Å². The molecular formula is C22H22N2O4. The number of ether oxygens (including phenoxy) is 2. The van der Waals surface area contributed by atoms with Crippen LogP contribution in [-0.2, 0) is 9.53 Å². The minimum atomic E-state index is -0.609. The number of hydrogen-bond donors (Lipinski definition) is 1. The molecule has 0 bridgehead atoms. The maximum Gasteiger partial charge on any atom is 0.339 e. The van der Waals surface area contributed by atoms with Crippen molar-refractivity contribution in [3.63, 3.8) is 0 Å². The molecule has 2 aromatic rings. The molecule has 0 aliphatic rings. The van der Waals surface area contributed by atoms with Crippen molar-refractivity contribution < 1.29 is 19.1 Å². The van der Waals surface area contributed by atoms with Crippen LogP contribution in [0.5, 0.6) is 5.75 Å². The number of para-hydroxylation sites is 1. The van der Waals surface area contributed by atoms with E-state index in [0.29, 0.717) is 12.2 Å². The van der Waals surface area contributed by atoms with Crippen LogP contribution in [0.25, 0.3) is 6.08 Å². The number of hydrogen-bond acceptors (Lipinski definition) is 5. The van der Waals surface area contributed by atoms with Crippen LogP contribution < -0.4 is 10.1 Å². The zero-order valence-electron chi connectivity index (χ0n) is 15.9. The van der Waals surface area contributed by atoms with Crippen molar-refractivity contribution >= 4 is 23.6 Å². The smallest absolute Gasteiger partial charge is 0.339 e. The zero-order chi connectivity index (χ0) is 20.4. The first-order valence-electron chi connectivity index (χ1n) is 8.92. The molecule has 0 saturated carbocycles. The van der Waals surface area contributed by atoms with E-state index in [4.69, 9.17) is 9.47 Å². The third-order valence-electron chi connectivity index (χ3n) is 3.90. The van der Waals surface area contributed by atoms with Crippen molar-refractivity contribution in [2.24, 2.45) is 0 Å². The van der Waals surface area contributed by atoms with Gasteiger partial charge in [0.15, 0.2) is 0 Å². The summed E-state index contributed by atoms with van der Waals surface area (Å²) in [4.78, 5) is 24.3. The Morgan fingerprint density at radius 1 is 1.14 bits per heavy atom. The highest BCUT2D eigenvalue weighted by molar-refractivity contribution is 6.11. The number of anilines is 1. The molecule has 1 N–H and O–H groups in total. The average molecular weight is 378 g/mol. The number of esters is 1. The molecule has 0 aliphatic heterocycles. The molecule has 1 amide bonds. The molecule has 0 saturated heterocycles. The Bertz CT molecular complexity index is 895. The van der Waals surface area contributed by atoms with E-state index >= 15 is 0 Å². The van der Waals surface area contributed by atoms with Gasteiger partial charge in [-0.1, -0.05) is 37.6 Å². The average Bonchev–Trinajstić information content (AvgIpc) is 2.73. The molecule has 0 aromatic heterocycles. The van der Waals surface area contributed by atoms with Gasteiger partial charge in [0.2, 0.25) is 0 Å². The van der Waals surface area contributed by atoms with Gasteiger partial charge in [-0.25, -0.2) is 4.79 Å². The lowest BCUT2D eigenvalue weighted by Gasteiger charge is -2.09. The predicted molar refractivity (Wildman–Crippen MR) is 107 cm³/mol. The Morgan fingerprint density at radius 3 is 2.50 bits per heavy atom. The van der Waals surface area contributed by atoms with Gasteiger partial charge in [-0.3, -0.25) is 4.79 Å². The van der Waals surface area contributed by atoms with Crippen molar-refractivity contribution in [1.82, 2.24) is 0 Å². The SMILES string of the molecule is CCCCOc1ccc(/C=C(\C#N)C(=O)Nc2ccccc2C(=O)OC)cc1. The highest BCUT2D eigenvalue weighted by atomic mass is 16.5. The number of amides is 1. The summed E-state index contributed by atoms with van der Waals surface area (Å²) in [6.45, 7) is 2.74. The first kappa shape index (κ1) is 20.7. The number of carbonyl (C=O) groups is 2. The van der Waals surface area contributed by atoms with E-state index in [0.717, 1.165) is 18.6 Å². The number of methoxy groups -OCH3 is 1. The lowest BCUT2D eigenvalue weighted by atomic mass is 10.1. The fraction of sp³-hybridized carbons (Fsp3) is 0.227. The van der Waals surface area contributed by atoms with Crippen LogP contribution in [0.2, 0.25) is 0 Å². The standard InChI is InChI=1S/C22H22N2O4/c1-3-4-13-28-18-11-9-16(10-12-18)14-17(15-23)21(25)24-20-8-6-5-7-19(20)22(26)27-2/h5-12,14H,3-4,13H2,1-2H3,(H,24,25)/b17-14+. The van der Waals surface area contributed by atoms with E-state index in [1.807, 2.05) is 6.07 Å². The van der Waals surface area contributed by atoms with Gasteiger partial charge in [0, 0.05) is 0 Å².